The molecule has 0 radical (unpaired) electrons. The molecule has 152 valence electrons. The molecule has 0 spiro atoms. The topological polar surface area (TPSA) is 76.2 Å². The Morgan fingerprint density at radius 1 is 0.967 bits per heavy atom. The molecule has 0 bridgehead atoms. The number of imidazole rings is 1. The first-order chi connectivity index (χ1) is 14.7. The fourth-order valence-corrected chi connectivity index (χ4v) is 3.45. The van der Waals surface area contributed by atoms with Crippen molar-refractivity contribution in [1.29, 1.82) is 0 Å². The van der Waals surface area contributed by atoms with Crippen LogP contribution in [0, 0.1) is 0 Å². The van der Waals surface area contributed by atoms with Gasteiger partial charge in [0.05, 0.1) is 31.7 Å². The first-order valence-electron chi connectivity index (χ1n) is 9.68. The van der Waals surface area contributed by atoms with Gasteiger partial charge in [-0.15, -0.1) is 0 Å². The molecule has 0 saturated carbocycles. The zero-order valence-corrected chi connectivity index (χ0v) is 16.9. The zero-order valence-electron chi connectivity index (χ0n) is 16.9. The van der Waals surface area contributed by atoms with Crippen LogP contribution < -0.4 is 14.8 Å². The Hall–Kier alpha value is -3.80. The number of nitrogens with zero attached hydrogens (tertiary/aromatic N) is 1. The molecular formula is C24H23N3O3. The number of aromatic amines is 1. The third-order valence-corrected chi connectivity index (χ3v) is 4.93. The van der Waals surface area contributed by atoms with Crippen molar-refractivity contribution in [2.75, 3.05) is 14.2 Å². The third kappa shape index (κ3) is 4.12. The van der Waals surface area contributed by atoms with E-state index in [2.05, 4.69) is 10.3 Å². The summed E-state index contributed by atoms with van der Waals surface area (Å²) in [7, 11) is 3.16. The Morgan fingerprint density at radius 2 is 1.70 bits per heavy atom. The van der Waals surface area contributed by atoms with Gasteiger partial charge in [0.25, 0.3) is 0 Å². The number of methoxy groups -OCH3 is 2. The second-order valence-electron chi connectivity index (χ2n) is 6.92. The molecule has 4 aromatic rings. The fraction of sp³-hybridized carbons (Fsp3) is 0.167. The van der Waals surface area contributed by atoms with E-state index >= 15 is 0 Å². The van der Waals surface area contributed by atoms with Crippen LogP contribution in [0.3, 0.4) is 0 Å². The minimum Gasteiger partial charge on any atom is -0.493 e. The fourth-order valence-electron chi connectivity index (χ4n) is 3.45. The molecule has 30 heavy (non-hydrogen) atoms. The SMILES string of the molecule is COc1ccc(CC(=O)NC(c2ccccc2)c2nc3ccccc3[nH]2)cc1OC. The highest BCUT2D eigenvalue weighted by Gasteiger charge is 2.21. The molecule has 6 heteroatoms. The van der Waals surface area contributed by atoms with Gasteiger partial charge in [0, 0.05) is 0 Å². The Balaban J connectivity index is 1.60. The number of H-pyrrole nitrogens is 1. The highest BCUT2D eigenvalue weighted by atomic mass is 16.5. The van der Waals surface area contributed by atoms with E-state index < -0.39 is 0 Å². The Kier molecular flexibility index (Phi) is 5.66. The highest BCUT2D eigenvalue weighted by Crippen LogP contribution is 2.28. The summed E-state index contributed by atoms with van der Waals surface area (Å²) in [6, 6.07) is 22.7. The molecule has 0 aliphatic heterocycles. The molecule has 1 atom stereocenters. The van der Waals surface area contributed by atoms with Gasteiger partial charge >= 0.3 is 0 Å². The Morgan fingerprint density at radius 3 is 2.43 bits per heavy atom. The lowest BCUT2D eigenvalue weighted by molar-refractivity contribution is -0.121. The number of nitrogens with one attached hydrogen (secondary N) is 2. The lowest BCUT2D eigenvalue weighted by Gasteiger charge is -2.17. The van der Waals surface area contributed by atoms with Gasteiger partial charge in [0.15, 0.2) is 11.5 Å². The van der Waals surface area contributed by atoms with Gasteiger partial charge < -0.3 is 19.8 Å². The summed E-state index contributed by atoms with van der Waals surface area (Å²) in [5.74, 6) is 1.81. The number of rotatable bonds is 7. The number of carbonyl (C=O) groups is 1. The lowest BCUT2D eigenvalue weighted by atomic mass is 10.1. The molecule has 0 aliphatic rings. The number of para-hydroxylation sites is 2. The monoisotopic (exact) mass is 401 g/mol. The van der Waals surface area contributed by atoms with Crippen LogP contribution in [0.15, 0.2) is 72.8 Å². The number of aromatic nitrogens is 2. The van der Waals surface area contributed by atoms with Crippen molar-refractivity contribution >= 4 is 16.9 Å². The number of benzene rings is 3. The largest absolute Gasteiger partial charge is 0.493 e. The molecular weight excluding hydrogens is 378 g/mol. The minimum absolute atomic E-state index is 0.114. The summed E-state index contributed by atoms with van der Waals surface area (Å²) in [6.07, 6.45) is 0.212. The van der Waals surface area contributed by atoms with Crippen LogP contribution in [0.2, 0.25) is 0 Å². The molecule has 1 amide bonds. The van der Waals surface area contributed by atoms with E-state index in [0.29, 0.717) is 17.3 Å². The summed E-state index contributed by atoms with van der Waals surface area (Å²) in [4.78, 5) is 20.9. The zero-order chi connectivity index (χ0) is 20.9. The van der Waals surface area contributed by atoms with Gasteiger partial charge in [-0.05, 0) is 35.4 Å². The molecule has 1 heterocycles. The second-order valence-corrected chi connectivity index (χ2v) is 6.92. The molecule has 1 aromatic heterocycles. The van der Waals surface area contributed by atoms with Crippen molar-refractivity contribution in [1.82, 2.24) is 15.3 Å². The van der Waals surface area contributed by atoms with Crippen molar-refractivity contribution < 1.29 is 14.3 Å². The van der Waals surface area contributed by atoms with Crippen molar-refractivity contribution in [2.24, 2.45) is 0 Å². The quantitative estimate of drug-likeness (QED) is 0.490. The Bertz CT molecular complexity index is 1120. The number of amides is 1. The summed E-state index contributed by atoms with van der Waals surface area (Å²) in [5.41, 5.74) is 3.59. The predicted octanol–water partition coefficient (Wildman–Crippen LogP) is 4.03. The maximum Gasteiger partial charge on any atom is 0.225 e. The number of ether oxygens (including phenoxy) is 2. The molecule has 0 aliphatic carbocycles. The van der Waals surface area contributed by atoms with Gasteiger partial charge in [0.2, 0.25) is 5.91 Å². The highest BCUT2D eigenvalue weighted by molar-refractivity contribution is 5.80. The number of hydrogen-bond donors (Lipinski definition) is 2. The van der Waals surface area contributed by atoms with E-state index in [1.807, 2.05) is 66.7 Å². The van der Waals surface area contributed by atoms with E-state index in [9.17, 15) is 4.79 Å². The lowest BCUT2D eigenvalue weighted by Crippen LogP contribution is -2.31. The predicted molar refractivity (Wildman–Crippen MR) is 116 cm³/mol. The summed E-state index contributed by atoms with van der Waals surface area (Å²) in [6.45, 7) is 0. The number of fused-ring (bicyclic) bond motifs is 1. The van der Waals surface area contributed by atoms with Crippen LogP contribution in [0.25, 0.3) is 11.0 Å². The Labute approximate surface area is 174 Å². The average molecular weight is 401 g/mol. The molecule has 0 saturated heterocycles. The van der Waals surface area contributed by atoms with E-state index in [1.165, 1.54) is 0 Å². The molecule has 2 N–H and O–H groups in total. The van der Waals surface area contributed by atoms with E-state index in [4.69, 9.17) is 14.5 Å². The molecule has 3 aromatic carbocycles. The molecule has 6 nitrogen and oxygen atoms in total. The molecule has 0 fully saturated rings. The summed E-state index contributed by atoms with van der Waals surface area (Å²) < 4.78 is 10.6. The normalized spacial score (nSPS) is 11.8. The van der Waals surface area contributed by atoms with Crippen LogP contribution in [0.4, 0.5) is 0 Å². The van der Waals surface area contributed by atoms with Gasteiger partial charge in [-0.2, -0.15) is 0 Å². The second kappa shape index (κ2) is 8.69. The summed E-state index contributed by atoms with van der Waals surface area (Å²) >= 11 is 0. The van der Waals surface area contributed by atoms with E-state index in [1.54, 1.807) is 20.3 Å². The van der Waals surface area contributed by atoms with Gasteiger partial charge in [0.1, 0.15) is 11.9 Å². The van der Waals surface area contributed by atoms with Gasteiger partial charge in [-0.1, -0.05) is 48.5 Å². The van der Waals surface area contributed by atoms with Crippen LogP contribution in [-0.2, 0) is 11.2 Å². The van der Waals surface area contributed by atoms with Crippen molar-refractivity contribution in [3.8, 4) is 11.5 Å². The first-order valence-corrected chi connectivity index (χ1v) is 9.68. The van der Waals surface area contributed by atoms with Crippen LogP contribution in [0.1, 0.15) is 23.0 Å². The van der Waals surface area contributed by atoms with Gasteiger partial charge in [-0.3, -0.25) is 4.79 Å². The van der Waals surface area contributed by atoms with Crippen LogP contribution in [0.5, 0.6) is 11.5 Å². The van der Waals surface area contributed by atoms with E-state index in [-0.39, 0.29) is 18.4 Å². The van der Waals surface area contributed by atoms with Gasteiger partial charge in [-0.25, -0.2) is 4.98 Å². The third-order valence-electron chi connectivity index (χ3n) is 4.93. The van der Waals surface area contributed by atoms with Crippen molar-refractivity contribution in [2.45, 2.75) is 12.5 Å². The van der Waals surface area contributed by atoms with Crippen LogP contribution >= 0.6 is 0 Å². The van der Waals surface area contributed by atoms with Crippen molar-refractivity contribution in [3.63, 3.8) is 0 Å². The average Bonchev–Trinajstić information content (AvgIpc) is 3.22. The maximum absolute atomic E-state index is 12.9. The molecule has 1 unspecified atom stereocenters. The summed E-state index contributed by atoms with van der Waals surface area (Å²) in [5, 5.41) is 3.12. The molecule has 4 rings (SSSR count). The smallest absolute Gasteiger partial charge is 0.225 e. The van der Waals surface area contributed by atoms with Crippen LogP contribution in [-0.4, -0.2) is 30.1 Å². The minimum atomic E-state index is -0.383. The standard InChI is InChI=1S/C24H23N3O3/c1-29-20-13-12-16(14-21(20)30-2)15-22(28)27-23(17-8-4-3-5-9-17)24-25-18-10-6-7-11-19(18)26-24/h3-14,23H,15H2,1-2H3,(H,25,26)(H,27,28). The van der Waals surface area contributed by atoms with E-state index in [0.717, 1.165) is 22.2 Å². The number of carbonyl (C=O) groups excluding carboxylic acids is 1. The maximum atomic E-state index is 12.9. The number of hydrogen-bond acceptors (Lipinski definition) is 4. The first kappa shape index (κ1) is 19.5. The van der Waals surface area contributed by atoms with Crippen molar-refractivity contribution in [3.05, 3.63) is 89.7 Å².